The molecule has 1 aromatic carbocycles. The van der Waals surface area contributed by atoms with E-state index >= 15 is 0 Å². The van der Waals surface area contributed by atoms with Crippen molar-refractivity contribution in [3.63, 3.8) is 0 Å². The molecule has 0 atom stereocenters. The number of benzene rings is 1. The first kappa shape index (κ1) is 19.9. The number of anilines is 2. The van der Waals surface area contributed by atoms with E-state index in [1.807, 2.05) is 51.1 Å². The summed E-state index contributed by atoms with van der Waals surface area (Å²) in [6.45, 7) is 8.40. The Kier molecular flexibility index (Phi) is 5.39. The van der Waals surface area contributed by atoms with Crippen LogP contribution in [0.25, 0.3) is 0 Å². The van der Waals surface area contributed by atoms with Crippen molar-refractivity contribution in [3.8, 4) is 0 Å². The molecule has 8 heteroatoms. The highest BCUT2D eigenvalue weighted by Gasteiger charge is 2.29. The van der Waals surface area contributed by atoms with Crippen molar-refractivity contribution in [2.24, 2.45) is 0 Å². The molecule has 0 aliphatic carbocycles. The second kappa shape index (κ2) is 8.14. The summed E-state index contributed by atoms with van der Waals surface area (Å²) in [4.78, 5) is 38.4. The molecule has 1 saturated heterocycles. The molecule has 2 aliphatic rings. The number of nitrogens with zero attached hydrogens (tertiary/aromatic N) is 5. The molecule has 1 N–H and O–H groups in total. The lowest BCUT2D eigenvalue weighted by molar-refractivity contribution is -0.128. The van der Waals surface area contributed by atoms with Gasteiger partial charge in [-0.15, -0.1) is 0 Å². The van der Waals surface area contributed by atoms with Crippen molar-refractivity contribution < 1.29 is 9.59 Å². The van der Waals surface area contributed by atoms with Gasteiger partial charge in [0, 0.05) is 44.0 Å². The molecular formula is C22H26N6O2. The Hall–Kier alpha value is -3.42. The second-order valence-electron chi connectivity index (χ2n) is 7.73. The summed E-state index contributed by atoms with van der Waals surface area (Å²) in [5, 5.41) is 1.45. The minimum absolute atomic E-state index is 0.0906. The second-order valence-corrected chi connectivity index (χ2v) is 7.73. The lowest BCUT2D eigenvalue weighted by Gasteiger charge is -2.36. The van der Waals surface area contributed by atoms with Crippen molar-refractivity contribution in [2.45, 2.75) is 27.2 Å². The maximum atomic E-state index is 13.0. The molecule has 3 heterocycles. The number of aromatic nitrogens is 2. The number of aryl methyl sites for hydroxylation is 3. The van der Waals surface area contributed by atoms with E-state index < -0.39 is 0 Å². The van der Waals surface area contributed by atoms with Crippen LogP contribution in [0.5, 0.6) is 0 Å². The highest BCUT2D eigenvalue weighted by atomic mass is 16.2. The topological polar surface area (TPSA) is 81.7 Å². The summed E-state index contributed by atoms with van der Waals surface area (Å²) in [7, 11) is 0. The van der Waals surface area contributed by atoms with E-state index in [4.69, 9.17) is 0 Å². The number of hydrogen-bond acceptors (Lipinski definition) is 6. The molecule has 156 valence electrons. The van der Waals surface area contributed by atoms with Crippen LogP contribution in [0.4, 0.5) is 11.6 Å². The van der Waals surface area contributed by atoms with Gasteiger partial charge in [-0.05, 0) is 45.0 Å². The van der Waals surface area contributed by atoms with Gasteiger partial charge in [0.2, 0.25) is 11.9 Å². The summed E-state index contributed by atoms with van der Waals surface area (Å²) in [6.07, 6.45) is 1.87. The van der Waals surface area contributed by atoms with E-state index in [1.165, 1.54) is 5.01 Å². The zero-order valence-electron chi connectivity index (χ0n) is 17.6. The Labute approximate surface area is 176 Å². The predicted octanol–water partition coefficient (Wildman–Crippen LogP) is 1.88. The van der Waals surface area contributed by atoms with Gasteiger partial charge in [-0.3, -0.25) is 15.0 Å². The van der Waals surface area contributed by atoms with Crippen molar-refractivity contribution in [1.82, 2.24) is 20.3 Å². The molecule has 2 aliphatic heterocycles. The average Bonchev–Trinajstić information content (AvgIpc) is 2.74. The Morgan fingerprint density at radius 1 is 0.967 bits per heavy atom. The van der Waals surface area contributed by atoms with Crippen LogP contribution in [-0.2, 0) is 9.59 Å². The van der Waals surface area contributed by atoms with Crippen molar-refractivity contribution in [1.29, 1.82) is 0 Å². The average molecular weight is 406 g/mol. The van der Waals surface area contributed by atoms with E-state index in [9.17, 15) is 9.59 Å². The van der Waals surface area contributed by atoms with E-state index in [2.05, 4.69) is 20.3 Å². The first-order valence-corrected chi connectivity index (χ1v) is 10.1. The lowest BCUT2D eigenvalue weighted by Crippen LogP contribution is -2.54. The molecule has 0 unspecified atom stereocenters. The fraction of sp³-hybridized carbons (Fsp3) is 0.364. The molecule has 2 amide bonds. The van der Waals surface area contributed by atoms with Gasteiger partial charge in [-0.25, -0.2) is 15.0 Å². The maximum absolute atomic E-state index is 13.0. The first-order chi connectivity index (χ1) is 14.4. The number of nitrogens with one attached hydrogen (secondary N) is 1. The largest absolute Gasteiger partial charge is 0.337 e. The van der Waals surface area contributed by atoms with Gasteiger partial charge in [0.05, 0.1) is 5.69 Å². The van der Waals surface area contributed by atoms with Crippen LogP contribution in [0.3, 0.4) is 0 Å². The quantitative estimate of drug-likeness (QED) is 0.838. The normalized spacial score (nSPS) is 17.0. The van der Waals surface area contributed by atoms with Crippen LogP contribution >= 0.6 is 0 Å². The van der Waals surface area contributed by atoms with Crippen molar-refractivity contribution >= 4 is 23.5 Å². The van der Waals surface area contributed by atoms with E-state index in [1.54, 1.807) is 11.0 Å². The van der Waals surface area contributed by atoms with Gasteiger partial charge in [0.25, 0.3) is 5.91 Å². The summed E-state index contributed by atoms with van der Waals surface area (Å²) in [5.41, 5.74) is 7.16. The molecule has 1 fully saturated rings. The number of amides is 2. The molecule has 0 saturated carbocycles. The molecule has 4 rings (SSSR count). The van der Waals surface area contributed by atoms with Crippen LogP contribution in [0.2, 0.25) is 0 Å². The molecule has 1 aromatic heterocycles. The third-order valence-electron chi connectivity index (χ3n) is 5.31. The molecular weight excluding hydrogens is 380 g/mol. The van der Waals surface area contributed by atoms with Crippen molar-refractivity contribution in [3.05, 3.63) is 59.1 Å². The monoisotopic (exact) mass is 406 g/mol. The summed E-state index contributed by atoms with van der Waals surface area (Å²) >= 11 is 0. The minimum Gasteiger partial charge on any atom is -0.337 e. The molecule has 2 aromatic rings. The predicted molar refractivity (Wildman–Crippen MR) is 115 cm³/mol. The third kappa shape index (κ3) is 4.12. The standard InChI is InChI=1S/C22H26N6O2/c1-15-4-6-18(7-5-15)28-20(29)9-8-19(25-28)21(30)26-10-12-27(13-11-26)22-23-16(2)14-17(3)24-22/h4-8,14,25H,9-13H2,1-3H3. The molecule has 0 bridgehead atoms. The van der Waals surface area contributed by atoms with Gasteiger partial charge in [0.1, 0.15) is 5.70 Å². The Balaban J connectivity index is 1.41. The van der Waals surface area contributed by atoms with Gasteiger partial charge in [0.15, 0.2) is 0 Å². The van der Waals surface area contributed by atoms with Crippen molar-refractivity contribution in [2.75, 3.05) is 36.1 Å². The number of hydrazine groups is 1. The highest BCUT2D eigenvalue weighted by molar-refractivity contribution is 6.01. The van der Waals surface area contributed by atoms with Gasteiger partial charge in [-0.2, -0.15) is 0 Å². The SMILES string of the molecule is Cc1ccc(N2NC(C(=O)N3CCN(c4nc(C)cc(C)n4)CC3)=CCC2=O)cc1. The smallest absolute Gasteiger partial charge is 0.271 e. The molecule has 0 spiro atoms. The Bertz CT molecular complexity index is 973. The third-order valence-corrected chi connectivity index (χ3v) is 5.31. The van der Waals surface area contributed by atoms with Crippen LogP contribution in [0.15, 0.2) is 42.1 Å². The number of carbonyl (C=O) groups is 2. The van der Waals surface area contributed by atoms with E-state index in [0.29, 0.717) is 37.8 Å². The van der Waals surface area contributed by atoms with Crippen LogP contribution in [-0.4, -0.2) is 52.9 Å². The number of hydrogen-bond donors (Lipinski definition) is 1. The zero-order valence-corrected chi connectivity index (χ0v) is 17.6. The summed E-state index contributed by atoms with van der Waals surface area (Å²) in [6, 6.07) is 9.58. The molecule has 8 nitrogen and oxygen atoms in total. The Morgan fingerprint density at radius 2 is 1.60 bits per heavy atom. The highest BCUT2D eigenvalue weighted by Crippen LogP contribution is 2.20. The summed E-state index contributed by atoms with van der Waals surface area (Å²) < 4.78 is 0. The minimum atomic E-state index is -0.0967. The van der Waals surface area contributed by atoms with Crippen LogP contribution < -0.4 is 15.3 Å². The molecule has 0 radical (unpaired) electrons. The van der Waals surface area contributed by atoms with E-state index in [0.717, 1.165) is 22.6 Å². The van der Waals surface area contributed by atoms with Crippen LogP contribution in [0.1, 0.15) is 23.4 Å². The zero-order chi connectivity index (χ0) is 21.3. The Morgan fingerprint density at radius 3 is 2.23 bits per heavy atom. The number of piperazine rings is 1. The number of carbonyl (C=O) groups excluding carboxylic acids is 2. The van der Waals surface area contributed by atoms with Gasteiger partial charge in [-0.1, -0.05) is 17.7 Å². The fourth-order valence-corrected chi connectivity index (χ4v) is 3.68. The fourth-order valence-electron chi connectivity index (χ4n) is 3.68. The maximum Gasteiger partial charge on any atom is 0.271 e. The van der Waals surface area contributed by atoms with Gasteiger partial charge < -0.3 is 9.80 Å². The van der Waals surface area contributed by atoms with E-state index in [-0.39, 0.29) is 18.2 Å². The van der Waals surface area contributed by atoms with Gasteiger partial charge >= 0.3 is 0 Å². The van der Waals surface area contributed by atoms with Crippen LogP contribution in [0, 0.1) is 20.8 Å². The number of rotatable bonds is 3. The summed E-state index contributed by atoms with van der Waals surface area (Å²) in [5.74, 6) is 0.526. The molecule has 30 heavy (non-hydrogen) atoms. The lowest BCUT2D eigenvalue weighted by atomic mass is 10.2. The first-order valence-electron chi connectivity index (χ1n) is 10.1.